The first-order chi connectivity index (χ1) is 18.9. The number of aliphatic hydroxyl groups excluding tert-OH is 3. The first kappa shape index (κ1) is 27.5. The molecule has 7 aliphatic rings. The number of rotatable bonds is 2. The van der Waals surface area contributed by atoms with Crippen LogP contribution in [0.2, 0.25) is 0 Å². The van der Waals surface area contributed by atoms with E-state index < -0.39 is 59.7 Å². The second kappa shape index (κ2) is 8.83. The molecule has 0 aromatic heterocycles. The summed E-state index contributed by atoms with van der Waals surface area (Å²) in [7, 11) is 1.41. The molecule has 3 heterocycles. The van der Waals surface area contributed by atoms with Gasteiger partial charge in [-0.2, -0.15) is 0 Å². The minimum atomic E-state index is -1.68. The van der Waals surface area contributed by atoms with Gasteiger partial charge in [0, 0.05) is 12.5 Å². The van der Waals surface area contributed by atoms with Gasteiger partial charge in [-0.15, -0.1) is 0 Å². The second-order valence-electron chi connectivity index (χ2n) is 13.8. The Labute approximate surface area is 234 Å². The lowest BCUT2D eigenvalue weighted by molar-refractivity contribution is -0.385. The maximum absolute atomic E-state index is 12.5. The minimum absolute atomic E-state index is 0.00585. The van der Waals surface area contributed by atoms with Crippen LogP contribution in [0.15, 0.2) is 23.5 Å². The lowest BCUT2D eigenvalue weighted by Gasteiger charge is -2.63. The Morgan fingerprint density at radius 2 is 1.85 bits per heavy atom. The monoisotopic (exact) mass is 562 g/mol. The van der Waals surface area contributed by atoms with Crippen LogP contribution < -0.4 is 0 Å². The Kier molecular flexibility index (Phi) is 6.06. The standard InChI is InChI=1S/C30H42O10/c1-14-24(33)30(36-4)25(34)26(38-14)39-21-12-27(2)16(10-20(21)40-30)5-6-18-19(27)11-22(31)28(3)17(7-8-29(18,28)35)15-9-23(32)37-13-15/h10,13-14,17-22,24-26,31,33-35H,5-9,11-12H2,1-4H3. The molecule has 2 saturated heterocycles. The summed E-state index contributed by atoms with van der Waals surface area (Å²) < 4.78 is 29.4. The van der Waals surface area contributed by atoms with E-state index in [9.17, 15) is 25.2 Å². The first-order valence-corrected chi connectivity index (χ1v) is 14.8. The van der Waals surface area contributed by atoms with Crippen molar-refractivity contribution in [3.05, 3.63) is 23.5 Å². The fourth-order valence-electron chi connectivity index (χ4n) is 10.1. The van der Waals surface area contributed by atoms with Crippen molar-refractivity contribution in [2.45, 2.75) is 120 Å². The molecule has 0 aromatic rings. The van der Waals surface area contributed by atoms with Crippen molar-refractivity contribution in [1.29, 1.82) is 0 Å². The number of hydrogen-bond donors (Lipinski definition) is 4. The van der Waals surface area contributed by atoms with E-state index in [4.69, 9.17) is 23.7 Å². The van der Waals surface area contributed by atoms with Gasteiger partial charge >= 0.3 is 5.97 Å². The zero-order chi connectivity index (χ0) is 28.4. The van der Waals surface area contributed by atoms with Gasteiger partial charge in [0.05, 0.1) is 36.6 Å². The van der Waals surface area contributed by atoms with Crippen molar-refractivity contribution in [3.8, 4) is 0 Å². The number of methoxy groups -OCH3 is 1. The molecule has 0 amide bonds. The lowest BCUT2D eigenvalue weighted by atomic mass is 9.44. The summed E-state index contributed by atoms with van der Waals surface area (Å²) in [6, 6.07) is 0. The third-order valence-electron chi connectivity index (χ3n) is 12.3. The predicted molar refractivity (Wildman–Crippen MR) is 138 cm³/mol. The van der Waals surface area contributed by atoms with E-state index in [1.165, 1.54) is 18.9 Å². The average molecular weight is 563 g/mol. The van der Waals surface area contributed by atoms with Crippen LogP contribution in [-0.4, -0.2) is 87.8 Å². The number of cyclic esters (lactones) is 1. The molecule has 7 rings (SSSR count). The highest BCUT2D eigenvalue weighted by atomic mass is 16.8. The van der Waals surface area contributed by atoms with Gasteiger partial charge in [0.25, 0.3) is 0 Å². The van der Waals surface area contributed by atoms with Crippen molar-refractivity contribution in [1.82, 2.24) is 0 Å². The number of carbonyl (C=O) groups is 1. The fraction of sp³-hybridized carbons (Fsp3) is 0.833. The zero-order valence-electron chi connectivity index (χ0n) is 23.6. The normalized spacial score (nSPS) is 57.0. The SMILES string of the molecule is COC12OC3C=C4CCC5C(CC(O)C6(C)C(C7=COC(=O)C7)CCC56O)C4(C)CC3OC(OC(C)C1O)C2O. The summed E-state index contributed by atoms with van der Waals surface area (Å²) in [5.41, 5.74) is -0.194. The van der Waals surface area contributed by atoms with E-state index in [1.807, 2.05) is 6.92 Å². The molecule has 2 bridgehead atoms. The van der Waals surface area contributed by atoms with Crippen molar-refractivity contribution >= 4 is 5.97 Å². The Morgan fingerprint density at radius 3 is 2.55 bits per heavy atom. The lowest BCUT2D eigenvalue weighted by Crippen LogP contribution is -2.67. The molecule has 14 atom stereocenters. The van der Waals surface area contributed by atoms with Crippen LogP contribution in [0.5, 0.6) is 0 Å². The Morgan fingerprint density at radius 1 is 1.07 bits per heavy atom. The van der Waals surface area contributed by atoms with Crippen LogP contribution in [0, 0.1) is 28.6 Å². The zero-order valence-corrected chi connectivity index (χ0v) is 23.6. The molecule has 5 fully saturated rings. The highest BCUT2D eigenvalue weighted by molar-refractivity contribution is 5.76. The summed E-state index contributed by atoms with van der Waals surface area (Å²) in [5, 5.41) is 46.4. The van der Waals surface area contributed by atoms with E-state index in [2.05, 4.69) is 13.0 Å². The number of allylic oxidation sites excluding steroid dienone is 1. The van der Waals surface area contributed by atoms with Gasteiger partial charge in [-0.25, -0.2) is 0 Å². The van der Waals surface area contributed by atoms with Crippen LogP contribution in [0.1, 0.15) is 65.7 Å². The van der Waals surface area contributed by atoms with E-state index in [0.29, 0.717) is 25.7 Å². The quantitative estimate of drug-likeness (QED) is 0.290. The first-order valence-electron chi connectivity index (χ1n) is 14.8. The van der Waals surface area contributed by atoms with Crippen molar-refractivity contribution in [2.24, 2.45) is 28.6 Å². The maximum atomic E-state index is 12.5. The molecule has 14 unspecified atom stereocenters. The molecule has 10 nitrogen and oxygen atoms in total. The largest absolute Gasteiger partial charge is 0.434 e. The average Bonchev–Trinajstić information content (AvgIpc) is 3.44. The maximum Gasteiger partial charge on any atom is 0.314 e. The molecule has 0 spiro atoms. The summed E-state index contributed by atoms with van der Waals surface area (Å²) in [5.74, 6) is -2.12. The second-order valence-corrected chi connectivity index (χ2v) is 13.8. The topological polar surface area (TPSA) is 144 Å². The highest BCUT2D eigenvalue weighted by Gasteiger charge is 2.71. The van der Waals surface area contributed by atoms with Crippen LogP contribution in [0.4, 0.5) is 0 Å². The fourth-order valence-corrected chi connectivity index (χ4v) is 10.1. The minimum Gasteiger partial charge on any atom is -0.434 e. The molecule has 222 valence electrons. The number of ether oxygens (including phenoxy) is 5. The number of carbonyl (C=O) groups excluding carboxylic acids is 1. The third kappa shape index (κ3) is 3.30. The molecule has 3 aliphatic heterocycles. The molecule has 0 radical (unpaired) electrons. The molecule has 4 aliphatic carbocycles. The molecular weight excluding hydrogens is 520 g/mol. The molecule has 10 heteroatoms. The Bertz CT molecular complexity index is 1150. The predicted octanol–water partition coefficient (Wildman–Crippen LogP) is 1.69. The summed E-state index contributed by atoms with van der Waals surface area (Å²) in [6.07, 6.45) is 1.62. The van der Waals surface area contributed by atoms with Crippen molar-refractivity contribution in [2.75, 3.05) is 7.11 Å². The molecule has 3 saturated carbocycles. The van der Waals surface area contributed by atoms with Gasteiger partial charge in [-0.3, -0.25) is 4.79 Å². The van der Waals surface area contributed by atoms with Crippen molar-refractivity contribution < 1.29 is 48.9 Å². The molecule has 4 N–H and O–H groups in total. The van der Waals surface area contributed by atoms with E-state index in [-0.39, 0.29) is 35.6 Å². The molecular formula is C30H42O10. The Balaban J connectivity index is 1.23. The van der Waals surface area contributed by atoms with Gasteiger partial charge in [0.15, 0.2) is 12.4 Å². The van der Waals surface area contributed by atoms with Gasteiger partial charge in [0.1, 0.15) is 12.2 Å². The van der Waals surface area contributed by atoms with Gasteiger partial charge in [0.2, 0.25) is 5.79 Å². The van der Waals surface area contributed by atoms with Crippen LogP contribution in [0.25, 0.3) is 0 Å². The van der Waals surface area contributed by atoms with Crippen LogP contribution >= 0.6 is 0 Å². The number of aliphatic hydroxyl groups is 4. The summed E-state index contributed by atoms with van der Waals surface area (Å²) in [4.78, 5) is 11.9. The van der Waals surface area contributed by atoms with E-state index in [0.717, 1.165) is 18.4 Å². The van der Waals surface area contributed by atoms with Crippen LogP contribution in [-0.2, 0) is 28.5 Å². The van der Waals surface area contributed by atoms with Gasteiger partial charge in [-0.1, -0.05) is 25.5 Å². The Hall–Kier alpha value is -1.37. The van der Waals surface area contributed by atoms with Gasteiger partial charge in [-0.05, 0) is 74.2 Å². The van der Waals surface area contributed by atoms with E-state index in [1.54, 1.807) is 6.92 Å². The molecule has 0 aromatic carbocycles. The van der Waals surface area contributed by atoms with Crippen LogP contribution in [0.3, 0.4) is 0 Å². The highest BCUT2D eigenvalue weighted by Crippen LogP contribution is 2.70. The summed E-state index contributed by atoms with van der Waals surface area (Å²) >= 11 is 0. The number of fused-ring (bicyclic) bond motifs is 8. The van der Waals surface area contributed by atoms with Gasteiger partial charge < -0.3 is 44.1 Å². The smallest absolute Gasteiger partial charge is 0.314 e. The number of esters is 1. The van der Waals surface area contributed by atoms with Crippen molar-refractivity contribution in [3.63, 3.8) is 0 Å². The van der Waals surface area contributed by atoms with E-state index >= 15 is 0 Å². The third-order valence-corrected chi connectivity index (χ3v) is 12.3. The molecule has 40 heavy (non-hydrogen) atoms. The number of hydrogen-bond acceptors (Lipinski definition) is 10. The summed E-state index contributed by atoms with van der Waals surface area (Å²) in [6.45, 7) is 5.89.